The van der Waals surface area contributed by atoms with Crippen molar-refractivity contribution in [2.24, 2.45) is 0 Å². The van der Waals surface area contributed by atoms with Gasteiger partial charge in [0.15, 0.2) is 0 Å². The van der Waals surface area contributed by atoms with Crippen LogP contribution in [-0.2, 0) is 14.8 Å². The monoisotopic (exact) mass is 597 g/mol. The van der Waals surface area contributed by atoms with Crippen molar-refractivity contribution < 1.29 is 36.9 Å². The van der Waals surface area contributed by atoms with Gasteiger partial charge in [-0.3, -0.25) is 4.79 Å². The molecule has 0 unspecified atom stereocenters. The van der Waals surface area contributed by atoms with E-state index in [0.717, 1.165) is 33.4 Å². The lowest BCUT2D eigenvalue weighted by Gasteiger charge is -2.37. The number of carboxylic acids is 1. The first kappa shape index (κ1) is 29.8. The van der Waals surface area contributed by atoms with Gasteiger partial charge in [0.05, 0.1) is 32.4 Å². The van der Waals surface area contributed by atoms with Gasteiger partial charge in [-0.1, -0.05) is 18.7 Å². The summed E-state index contributed by atoms with van der Waals surface area (Å²) in [4.78, 5) is 11.1. The van der Waals surface area contributed by atoms with Gasteiger partial charge in [-0.05, 0) is 78.8 Å². The highest BCUT2D eigenvalue weighted by atomic mass is 32.2. The molecule has 2 aromatic rings. The number of rotatable bonds is 8. The molecule has 2 aromatic carbocycles. The number of hydrogen-bond donors (Lipinski definition) is 1. The molecule has 0 bridgehead atoms. The SMILES string of the molecule is C=C1CC[C@@H](Oc2ccc3c(c2)OC[C@H]3CC(=O)O)C/C(F)=C\C=C/1c1c(C)cc(OC2CN(S(C)(=O)=O)C2)cc1C. The van der Waals surface area contributed by atoms with Gasteiger partial charge in [-0.2, -0.15) is 4.31 Å². The number of carbonyl (C=O) groups is 1. The Morgan fingerprint density at radius 3 is 2.45 bits per heavy atom. The molecule has 0 aromatic heterocycles. The van der Waals surface area contributed by atoms with Crippen molar-refractivity contribution in [1.29, 1.82) is 0 Å². The molecule has 0 saturated carbocycles. The highest BCUT2D eigenvalue weighted by molar-refractivity contribution is 7.88. The molecule has 8 nitrogen and oxygen atoms in total. The van der Waals surface area contributed by atoms with E-state index in [1.165, 1.54) is 16.6 Å². The highest BCUT2D eigenvalue weighted by Gasteiger charge is 2.35. The van der Waals surface area contributed by atoms with Crippen molar-refractivity contribution in [3.05, 3.63) is 82.7 Å². The minimum atomic E-state index is -3.21. The van der Waals surface area contributed by atoms with Crippen LogP contribution in [0.3, 0.4) is 0 Å². The third kappa shape index (κ3) is 6.71. The number of allylic oxidation sites excluding steroid dienone is 4. The predicted molar refractivity (Wildman–Crippen MR) is 158 cm³/mol. The molecule has 2 heterocycles. The van der Waals surface area contributed by atoms with Crippen LogP contribution in [0.25, 0.3) is 5.57 Å². The molecule has 0 radical (unpaired) electrons. The van der Waals surface area contributed by atoms with E-state index in [1.807, 2.05) is 32.0 Å². The molecule has 5 rings (SSSR count). The summed E-state index contributed by atoms with van der Waals surface area (Å²) in [6.07, 6.45) is 5.08. The fourth-order valence-corrected chi connectivity index (χ4v) is 6.64. The van der Waals surface area contributed by atoms with Crippen LogP contribution >= 0.6 is 0 Å². The maximum atomic E-state index is 15.1. The molecule has 1 N–H and O–H groups in total. The van der Waals surface area contributed by atoms with Gasteiger partial charge in [0.25, 0.3) is 0 Å². The number of fused-ring (bicyclic) bond motifs is 1. The highest BCUT2D eigenvalue weighted by Crippen LogP contribution is 2.40. The third-order valence-corrected chi connectivity index (χ3v) is 9.19. The smallest absolute Gasteiger partial charge is 0.304 e. The predicted octanol–water partition coefficient (Wildman–Crippen LogP) is 5.70. The lowest BCUT2D eigenvalue weighted by Crippen LogP contribution is -2.55. The topological polar surface area (TPSA) is 102 Å². The molecular formula is C32H36FNO7S. The van der Waals surface area contributed by atoms with Crippen LogP contribution in [-0.4, -0.2) is 62.0 Å². The zero-order chi connectivity index (χ0) is 30.2. The average Bonchev–Trinajstić information content (AvgIpc) is 3.27. The van der Waals surface area contributed by atoms with E-state index in [1.54, 1.807) is 18.2 Å². The molecule has 2 aliphatic heterocycles. The number of sulfonamides is 1. The molecule has 1 aliphatic carbocycles. The fraction of sp³-hybridized carbons (Fsp3) is 0.406. The van der Waals surface area contributed by atoms with Crippen molar-refractivity contribution in [2.75, 3.05) is 26.0 Å². The summed E-state index contributed by atoms with van der Waals surface area (Å²) >= 11 is 0. The van der Waals surface area contributed by atoms with E-state index >= 15 is 4.39 Å². The Hall–Kier alpha value is -3.63. The summed E-state index contributed by atoms with van der Waals surface area (Å²) < 4.78 is 57.7. The number of aliphatic carboxylic acids is 1. The van der Waals surface area contributed by atoms with Crippen molar-refractivity contribution >= 4 is 21.6 Å². The summed E-state index contributed by atoms with van der Waals surface area (Å²) in [7, 11) is -3.21. The molecule has 3 aliphatic rings. The van der Waals surface area contributed by atoms with E-state index in [4.69, 9.17) is 19.3 Å². The quantitative estimate of drug-likeness (QED) is 0.416. The normalized spacial score (nSPS) is 24.0. The van der Waals surface area contributed by atoms with Gasteiger partial charge in [0.1, 0.15) is 35.3 Å². The van der Waals surface area contributed by atoms with Gasteiger partial charge in [-0.15, -0.1) is 0 Å². The molecule has 2 atom stereocenters. The Kier molecular flexibility index (Phi) is 8.48. The maximum Gasteiger partial charge on any atom is 0.304 e. The molecule has 0 amide bonds. The first-order valence-corrected chi connectivity index (χ1v) is 15.8. The van der Waals surface area contributed by atoms with Crippen LogP contribution in [0.5, 0.6) is 17.2 Å². The molecule has 1 fully saturated rings. The number of benzene rings is 2. The maximum absolute atomic E-state index is 15.1. The van der Waals surface area contributed by atoms with Crippen molar-refractivity contribution in [3.63, 3.8) is 0 Å². The molecule has 1 saturated heterocycles. The second-order valence-corrected chi connectivity index (χ2v) is 13.3. The minimum absolute atomic E-state index is 0.00260. The van der Waals surface area contributed by atoms with Crippen LogP contribution in [0, 0.1) is 13.8 Å². The second kappa shape index (κ2) is 11.9. The first-order valence-electron chi connectivity index (χ1n) is 14.0. The summed E-state index contributed by atoms with van der Waals surface area (Å²) in [5.41, 5.74) is 5.45. The first-order chi connectivity index (χ1) is 19.9. The van der Waals surface area contributed by atoms with E-state index in [2.05, 4.69) is 6.58 Å². The Morgan fingerprint density at radius 2 is 1.79 bits per heavy atom. The number of hydrogen-bond acceptors (Lipinski definition) is 6. The number of halogens is 1. The van der Waals surface area contributed by atoms with Crippen molar-refractivity contribution in [3.8, 4) is 17.2 Å². The van der Waals surface area contributed by atoms with E-state index in [9.17, 15) is 13.2 Å². The van der Waals surface area contributed by atoms with Crippen LogP contribution in [0.2, 0.25) is 0 Å². The van der Waals surface area contributed by atoms with E-state index in [-0.39, 0.29) is 30.7 Å². The Labute approximate surface area is 246 Å². The molecule has 0 spiro atoms. The third-order valence-electron chi connectivity index (χ3n) is 7.95. The fourth-order valence-electron chi connectivity index (χ4n) is 5.77. The van der Waals surface area contributed by atoms with Crippen LogP contribution in [0.1, 0.15) is 53.9 Å². The van der Waals surface area contributed by atoms with Gasteiger partial charge >= 0.3 is 5.97 Å². The van der Waals surface area contributed by atoms with Crippen molar-refractivity contribution in [1.82, 2.24) is 4.31 Å². The van der Waals surface area contributed by atoms with Gasteiger partial charge < -0.3 is 19.3 Å². The van der Waals surface area contributed by atoms with Crippen LogP contribution in [0.15, 0.2) is 60.5 Å². The molecule has 42 heavy (non-hydrogen) atoms. The van der Waals surface area contributed by atoms with Gasteiger partial charge in [-0.25, -0.2) is 12.8 Å². The number of aryl methyl sites for hydroxylation is 2. The summed E-state index contributed by atoms with van der Waals surface area (Å²) in [6.45, 7) is 9.26. The average molecular weight is 598 g/mol. The van der Waals surface area contributed by atoms with Crippen LogP contribution < -0.4 is 14.2 Å². The Bertz CT molecular complexity index is 1550. The van der Waals surface area contributed by atoms with Gasteiger partial charge in [0, 0.05) is 24.0 Å². The van der Waals surface area contributed by atoms with E-state index < -0.39 is 22.1 Å². The van der Waals surface area contributed by atoms with Crippen molar-refractivity contribution in [2.45, 2.75) is 57.7 Å². The number of ether oxygens (including phenoxy) is 3. The zero-order valence-electron chi connectivity index (χ0n) is 24.1. The minimum Gasteiger partial charge on any atom is -0.492 e. The van der Waals surface area contributed by atoms with Crippen LogP contribution in [0.4, 0.5) is 4.39 Å². The Balaban J connectivity index is 1.26. The Morgan fingerprint density at radius 1 is 1.10 bits per heavy atom. The standard InChI is InChI=1S/C32H36FNO7S/c1-19-5-7-24(40-25-8-10-29-22(13-31(35)36)18-39-30(29)15-25)14-23(33)6-9-28(19)32-20(2)11-26(12-21(32)3)41-27-16-34(17-27)42(4,37)38/h6,8-12,15,22,24,27H,1,5,7,13-14,16-18H2,2-4H3,(H,35,36)/b23-6+,28-9+/t22-,24-/m1/s1. The number of carboxylic acid groups (broad SMARTS) is 1. The summed E-state index contributed by atoms with van der Waals surface area (Å²) in [5, 5.41) is 9.14. The second-order valence-electron chi connectivity index (χ2n) is 11.3. The molecular weight excluding hydrogens is 561 g/mol. The summed E-state index contributed by atoms with van der Waals surface area (Å²) in [6, 6.07) is 9.22. The lowest BCUT2D eigenvalue weighted by molar-refractivity contribution is -0.137. The molecule has 224 valence electrons. The van der Waals surface area contributed by atoms with E-state index in [0.29, 0.717) is 49.8 Å². The molecule has 10 heteroatoms. The number of nitrogens with zero attached hydrogens (tertiary/aromatic N) is 1. The zero-order valence-corrected chi connectivity index (χ0v) is 24.9. The van der Waals surface area contributed by atoms with Gasteiger partial charge in [0.2, 0.25) is 10.0 Å². The largest absolute Gasteiger partial charge is 0.492 e. The summed E-state index contributed by atoms with van der Waals surface area (Å²) in [5.74, 6) is 0.458. The lowest BCUT2D eigenvalue weighted by atomic mass is 9.88.